The van der Waals surface area contributed by atoms with Gasteiger partial charge in [0.05, 0.1) is 17.3 Å². The monoisotopic (exact) mass is 286 g/mol. The molecule has 21 heavy (non-hydrogen) atoms. The standard InChI is InChI=1S/C16H22N4O/c1-17-8-5-13-6-10-19(11-7-13)16(21)14-12-18-20-9-3-2-4-15(14)20/h2-4,9,12-13,17H,5-8,10-11H2,1H3. The number of nitrogens with one attached hydrogen (secondary N) is 1. The molecule has 3 rings (SSSR count). The SMILES string of the molecule is CNCCC1CCN(C(=O)c2cnn3ccccc23)CC1. The van der Waals surface area contributed by atoms with Crippen LogP contribution in [0.2, 0.25) is 0 Å². The van der Waals surface area contributed by atoms with Crippen molar-refractivity contribution < 1.29 is 4.79 Å². The van der Waals surface area contributed by atoms with Gasteiger partial charge in [-0.2, -0.15) is 5.10 Å². The normalized spacial score (nSPS) is 16.5. The third kappa shape index (κ3) is 2.93. The summed E-state index contributed by atoms with van der Waals surface area (Å²) in [6, 6.07) is 5.80. The number of piperidine rings is 1. The first-order valence-electron chi connectivity index (χ1n) is 7.66. The molecule has 0 radical (unpaired) electrons. The fraction of sp³-hybridized carbons (Fsp3) is 0.500. The molecule has 0 spiro atoms. The topological polar surface area (TPSA) is 49.6 Å². The van der Waals surface area contributed by atoms with Crippen molar-refractivity contribution in [1.29, 1.82) is 0 Å². The van der Waals surface area contributed by atoms with E-state index in [-0.39, 0.29) is 5.91 Å². The number of pyridine rings is 1. The molecule has 0 saturated carbocycles. The van der Waals surface area contributed by atoms with Crippen molar-refractivity contribution in [3.8, 4) is 0 Å². The van der Waals surface area contributed by atoms with E-state index in [9.17, 15) is 4.79 Å². The summed E-state index contributed by atoms with van der Waals surface area (Å²) in [6.45, 7) is 2.78. The molecule has 5 heteroatoms. The average Bonchev–Trinajstić information content (AvgIpc) is 2.97. The molecule has 1 aliphatic heterocycles. The second kappa shape index (κ2) is 6.26. The van der Waals surface area contributed by atoms with E-state index in [1.54, 1.807) is 10.7 Å². The Hall–Kier alpha value is -1.88. The summed E-state index contributed by atoms with van der Waals surface area (Å²) in [5, 5.41) is 7.45. The number of nitrogens with zero attached hydrogens (tertiary/aromatic N) is 3. The smallest absolute Gasteiger partial charge is 0.257 e. The van der Waals surface area contributed by atoms with Gasteiger partial charge < -0.3 is 10.2 Å². The van der Waals surface area contributed by atoms with Gasteiger partial charge in [-0.25, -0.2) is 4.52 Å². The Morgan fingerprint density at radius 3 is 2.95 bits per heavy atom. The quantitative estimate of drug-likeness (QED) is 0.932. The molecule has 5 nitrogen and oxygen atoms in total. The number of likely N-dealkylation sites (tertiary alicyclic amines) is 1. The van der Waals surface area contributed by atoms with Gasteiger partial charge in [-0.15, -0.1) is 0 Å². The van der Waals surface area contributed by atoms with Crippen LogP contribution in [-0.2, 0) is 0 Å². The fourth-order valence-corrected chi connectivity index (χ4v) is 3.04. The Bertz CT molecular complexity index is 614. The third-order valence-electron chi connectivity index (χ3n) is 4.36. The highest BCUT2D eigenvalue weighted by atomic mass is 16.2. The summed E-state index contributed by atoms with van der Waals surface area (Å²) in [5.74, 6) is 0.855. The summed E-state index contributed by atoms with van der Waals surface area (Å²) in [6.07, 6.45) is 6.97. The molecule has 1 N–H and O–H groups in total. The number of carbonyl (C=O) groups is 1. The number of carbonyl (C=O) groups excluding carboxylic acids is 1. The molecule has 1 saturated heterocycles. The molecule has 1 fully saturated rings. The first kappa shape index (κ1) is 14.1. The van der Waals surface area contributed by atoms with Crippen molar-refractivity contribution in [2.75, 3.05) is 26.7 Å². The van der Waals surface area contributed by atoms with Gasteiger partial charge >= 0.3 is 0 Å². The Labute approximate surface area is 124 Å². The van der Waals surface area contributed by atoms with Crippen LogP contribution < -0.4 is 5.32 Å². The minimum absolute atomic E-state index is 0.114. The Kier molecular flexibility index (Phi) is 4.20. The number of aromatic nitrogens is 2. The second-order valence-electron chi connectivity index (χ2n) is 5.72. The lowest BCUT2D eigenvalue weighted by Crippen LogP contribution is -2.38. The molecular weight excluding hydrogens is 264 g/mol. The van der Waals surface area contributed by atoms with Gasteiger partial charge in [-0.3, -0.25) is 4.79 Å². The predicted molar refractivity (Wildman–Crippen MR) is 82.4 cm³/mol. The van der Waals surface area contributed by atoms with Gasteiger partial charge in [0.25, 0.3) is 5.91 Å². The number of fused-ring (bicyclic) bond motifs is 1. The highest BCUT2D eigenvalue weighted by molar-refractivity contribution is 6.00. The van der Waals surface area contributed by atoms with Gasteiger partial charge in [0.2, 0.25) is 0 Å². The molecule has 1 amide bonds. The molecular formula is C16H22N4O. The van der Waals surface area contributed by atoms with Crippen LogP contribution in [0.25, 0.3) is 5.52 Å². The molecule has 2 aromatic heterocycles. The lowest BCUT2D eigenvalue weighted by molar-refractivity contribution is 0.0689. The van der Waals surface area contributed by atoms with Crippen LogP contribution in [0, 0.1) is 5.92 Å². The Morgan fingerprint density at radius 2 is 2.19 bits per heavy atom. The molecule has 3 heterocycles. The largest absolute Gasteiger partial charge is 0.339 e. The minimum atomic E-state index is 0.114. The van der Waals surface area contributed by atoms with E-state index < -0.39 is 0 Å². The van der Waals surface area contributed by atoms with Crippen molar-refractivity contribution in [3.05, 3.63) is 36.2 Å². The van der Waals surface area contributed by atoms with E-state index >= 15 is 0 Å². The maximum Gasteiger partial charge on any atom is 0.257 e. The zero-order valence-corrected chi connectivity index (χ0v) is 12.5. The summed E-state index contributed by atoms with van der Waals surface area (Å²) in [5.41, 5.74) is 1.60. The van der Waals surface area contributed by atoms with Crippen LogP contribution >= 0.6 is 0 Å². The summed E-state index contributed by atoms with van der Waals surface area (Å²) < 4.78 is 1.76. The van der Waals surface area contributed by atoms with Gasteiger partial charge in [0.1, 0.15) is 0 Å². The Morgan fingerprint density at radius 1 is 1.38 bits per heavy atom. The Balaban J connectivity index is 1.67. The van der Waals surface area contributed by atoms with Crippen LogP contribution in [0.3, 0.4) is 0 Å². The number of amides is 1. The van der Waals surface area contributed by atoms with Crippen molar-refractivity contribution >= 4 is 11.4 Å². The van der Waals surface area contributed by atoms with Crippen molar-refractivity contribution in [2.24, 2.45) is 5.92 Å². The van der Waals surface area contributed by atoms with E-state index in [1.807, 2.05) is 36.3 Å². The van der Waals surface area contributed by atoms with Gasteiger partial charge in [0, 0.05) is 19.3 Å². The first-order valence-corrected chi connectivity index (χ1v) is 7.66. The highest BCUT2D eigenvalue weighted by Gasteiger charge is 2.25. The van der Waals surface area contributed by atoms with E-state index in [0.29, 0.717) is 5.56 Å². The van der Waals surface area contributed by atoms with E-state index in [4.69, 9.17) is 0 Å². The van der Waals surface area contributed by atoms with Crippen molar-refractivity contribution in [2.45, 2.75) is 19.3 Å². The molecule has 0 unspecified atom stereocenters. The fourth-order valence-electron chi connectivity index (χ4n) is 3.04. The molecule has 0 atom stereocenters. The van der Waals surface area contributed by atoms with Crippen molar-refractivity contribution in [1.82, 2.24) is 19.8 Å². The number of hydrogen-bond acceptors (Lipinski definition) is 3. The lowest BCUT2D eigenvalue weighted by Gasteiger charge is -2.31. The van der Waals surface area contributed by atoms with Crippen LogP contribution in [0.1, 0.15) is 29.6 Å². The third-order valence-corrected chi connectivity index (χ3v) is 4.36. The predicted octanol–water partition coefficient (Wildman–Crippen LogP) is 1.80. The van der Waals surface area contributed by atoms with Gasteiger partial charge in [0.15, 0.2) is 0 Å². The molecule has 2 aromatic rings. The average molecular weight is 286 g/mol. The molecule has 1 aliphatic rings. The summed E-state index contributed by atoms with van der Waals surface area (Å²) in [4.78, 5) is 14.6. The molecule has 0 bridgehead atoms. The molecule has 112 valence electrons. The number of hydrogen-bond donors (Lipinski definition) is 1. The zero-order valence-electron chi connectivity index (χ0n) is 12.5. The van der Waals surface area contributed by atoms with Gasteiger partial charge in [-0.05, 0) is 50.9 Å². The summed E-state index contributed by atoms with van der Waals surface area (Å²) in [7, 11) is 1.99. The number of rotatable bonds is 4. The maximum atomic E-state index is 12.7. The summed E-state index contributed by atoms with van der Waals surface area (Å²) >= 11 is 0. The van der Waals surface area contributed by atoms with Crippen LogP contribution in [0.4, 0.5) is 0 Å². The zero-order chi connectivity index (χ0) is 14.7. The van der Waals surface area contributed by atoms with Crippen LogP contribution in [-0.4, -0.2) is 47.1 Å². The first-order chi connectivity index (χ1) is 10.3. The second-order valence-corrected chi connectivity index (χ2v) is 5.72. The minimum Gasteiger partial charge on any atom is -0.339 e. The van der Waals surface area contributed by atoms with Crippen molar-refractivity contribution in [3.63, 3.8) is 0 Å². The maximum absolute atomic E-state index is 12.7. The highest BCUT2D eigenvalue weighted by Crippen LogP contribution is 2.22. The van der Waals surface area contributed by atoms with Crippen LogP contribution in [0.15, 0.2) is 30.6 Å². The van der Waals surface area contributed by atoms with E-state index in [0.717, 1.165) is 43.9 Å². The van der Waals surface area contributed by atoms with Gasteiger partial charge in [-0.1, -0.05) is 6.07 Å². The van der Waals surface area contributed by atoms with Crippen LogP contribution in [0.5, 0.6) is 0 Å². The molecule has 0 aromatic carbocycles. The van der Waals surface area contributed by atoms with E-state index in [1.165, 1.54) is 6.42 Å². The van der Waals surface area contributed by atoms with E-state index in [2.05, 4.69) is 10.4 Å². The molecule has 0 aliphatic carbocycles. The lowest BCUT2D eigenvalue weighted by atomic mass is 9.93.